The molecule has 0 radical (unpaired) electrons. The first kappa shape index (κ1) is 39.0. The second kappa shape index (κ2) is 14.9. The molecule has 6 aromatic rings. The number of hydrogen-bond acceptors (Lipinski definition) is 0. The highest BCUT2D eigenvalue weighted by Crippen LogP contribution is 2.67. The van der Waals surface area contributed by atoms with Crippen molar-refractivity contribution in [1.29, 1.82) is 0 Å². The van der Waals surface area contributed by atoms with Gasteiger partial charge in [0.25, 0.3) is 0 Å². The molecule has 6 aromatic carbocycles. The lowest BCUT2D eigenvalue weighted by Gasteiger charge is -2.57. The van der Waals surface area contributed by atoms with E-state index in [4.69, 9.17) is 11.6 Å². The van der Waals surface area contributed by atoms with E-state index in [-0.39, 0.29) is 10.9 Å². The molecule has 2 aliphatic carbocycles. The molecule has 290 valence electrons. The predicted molar refractivity (Wildman–Crippen MR) is 258 cm³/mol. The molecule has 0 bridgehead atoms. The normalized spacial score (nSPS) is 26.0. The van der Waals surface area contributed by atoms with Gasteiger partial charge in [-0.1, -0.05) is 242 Å². The lowest BCUT2D eigenvalue weighted by molar-refractivity contribution is 0.436. The third-order valence-corrected chi connectivity index (χ3v) is 30.5. The number of benzene rings is 6. The minimum atomic E-state index is -2.97. The summed E-state index contributed by atoms with van der Waals surface area (Å²) in [7, 11) is -8.84. The van der Waals surface area contributed by atoms with Crippen LogP contribution in [0, 0.1) is 5.92 Å². The van der Waals surface area contributed by atoms with Crippen LogP contribution in [0.4, 0.5) is 0 Å². The molecule has 57 heavy (non-hydrogen) atoms. The van der Waals surface area contributed by atoms with Gasteiger partial charge in [-0.25, -0.2) is 0 Å². The van der Waals surface area contributed by atoms with E-state index in [0.29, 0.717) is 28.8 Å². The molecule has 1 saturated heterocycles. The molecular formula is C52H59ClSi4. The van der Waals surface area contributed by atoms with Crippen molar-refractivity contribution in [2.75, 3.05) is 0 Å². The molecule has 0 saturated carbocycles. The van der Waals surface area contributed by atoms with Crippen molar-refractivity contribution < 1.29 is 0 Å². The number of fused-ring (bicyclic) bond motifs is 6. The van der Waals surface area contributed by atoms with Gasteiger partial charge < -0.3 is 0 Å². The standard InChI is InChI=1S/C52H59ClSi4/c1-54(2,3)35-46-42-31-19-21-33-44(42)49-47(46)37-56(38-23-11-7-12-24-38,39-25-13-8-14-26-39)50-45-34-22-20-32-43(45)48(36-55(4,5)6)51(50)57(52(49)53,40-27-15-9-16-28-40)41-29-17-10-18-30-41/h7-34,46-52H,35-37H2,1-6H3. The molecule has 0 spiro atoms. The van der Waals surface area contributed by atoms with Gasteiger partial charge in [0, 0.05) is 27.1 Å². The molecule has 9 rings (SSSR count). The van der Waals surface area contributed by atoms with Gasteiger partial charge in [-0.15, -0.1) is 11.6 Å². The second-order valence-corrected chi connectivity index (χ2v) is 40.3. The Hall–Kier alpha value is -3.52. The van der Waals surface area contributed by atoms with Crippen LogP contribution in [0.5, 0.6) is 0 Å². The Morgan fingerprint density at radius 3 is 1.28 bits per heavy atom. The van der Waals surface area contributed by atoms with E-state index >= 15 is 0 Å². The van der Waals surface area contributed by atoms with Crippen LogP contribution in [-0.4, -0.2) is 37.3 Å². The van der Waals surface area contributed by atoms with E-state index in [1.54, 1.807) is 32.6 Å². The molecule has 1 aliphatic heterocycles. The summed E-state index contributed by atoms with van der Waals surface area (Å²) < 4.78 is 0. The van der Waals surface area contributed by atoms with Crippen LogP contribution in [0.25, 0.3) is 0 Å². The van der Waals surface area contributed by atoms with Gasteiger partial charge in [-0.05, 0) is 57.1 Å². The fourth-order valence-electron chi connectivity index (χ4n) is 12.7. The maximum absolute atomic E-state index is 8.98. The Bertz CT molecular complexity index is 2240. The molecule has 0 N–H and O–H groups in total. The third kappa shape index (κ3) is 6.50. The summed E-state index contributed by atoms with van der Waals surface area (Å²) in [6.45, 7) is 15.6. The fourth-order valence-corrected chi connectivity index (χ4v) is 32.3. The largest absolute Gasteiger partial charge is 0.140 e. The Balaban J connectivity index is 1.50. The van der Waals surface area contributed by atoms with Crippen molar-refractivity contribution >= 4 is 64.6 Å². The summed E-state index contributed by atoms with van der Waals surface area (Å²) in [5, 5.41) is 6.23. The minimum absolute atomic E-state index is 0.0235. The summed E-state index contributed by atoms with van der Waals surface area (Å²) in [6.07, 6.45) is 0. The minimum Gasteiger partial charge on any atom is -0.125 e. The van der Waals surface area contributed by atoms with Gasteiger partial charge in [0.05, 0.1) is 0 Å². The van der Waals surface area contributed by atoms with Crippen molar-refractivity contribution in [3.8, 4) is 0 Å². The Morgan fingerprint density at radius 1 is 0.456 bits per heavy atom. The first-order chi connectivity index (χ1) is 27.4. The summed E-state index contributed by atoms with van der Waals surface area (Å²) in [5.74, 6) is 1.61. The molecule has 0 nitrogen and oxygen atoms in total. The molecule has 1 fully saturated rings. The summed E-state index contributed by atoms with van der Waals surface area (Å²) in [5.41, 5.74) is 7.15. The van der Waals surface area contributed by atoms with Gasteiger partial charge in [-0.2, -0.15) is 0 Å². The first-order valence-corrected chi connectivity index (χ1v) is 33.8. The molecule has 3 aliphatic rings. The smallest absolute Gasteiger partial charge is 0.125 e. The van der Waals surface area contributed by atoms with Crippen LogP contribution in [0.1, 0.15) is 45.5 Å². The van der Waals surface area contributed by atoms with Gasteiger partial charge in [0.1, 0.15) is 16.1 Å². The predicted octanol–water partition coefficient (Wildman–Crippen LogP) is 11.6. The number of rotatable bonds is 8. The van der Waals surface area contributed by atoms with E-state index in [0.717, 1.165) is 0 Å². The second-order valence-electron chi connectivity index (χ2n) is 20.1. The number of hydrogen-bond donors (Lipinski definition) is 0. The van der Waals surface area contributed by atoms with Crippen molar-refractivity contribution in [2.45, 2.75) is 91.3 Å². The molecule has 0 aromatic heterocycles. The van der Waals surface area contributed by atoms with Crippen LogP contribution in [0.3, 0.4) is 0 Å². The zero-order chi connectivity index (χ0) is 39.6. The van der Waals surface area contributed by atoms with E-state index < -0.39 is 32.3 Å². The van der Waals surface area contributed by atoms with Crippen molar-refractivity contribution in [2.24, 2.45) is 5.92 Å². The van der Waals surface area contributed by atoms with Gasteiger partial charge in [-0.3, -0.25) is 0 Å². The topological polar surface area (TPSA) is 0 Å². The summed E-state index contributed by atoms with van der Waals surface area (Å²) >= 11 is 8.98. The monoisotopic (exact) mass is 830 g/mol. The highest BCUT2D eigenvalue weighted by molar-refractivity contribution is 7.11. The lowest BCUT2D eigenvalue weighted by atomic mass is 9.90. The quantitative estimate of drug-likeness (QED) is 0.106. The van der Waals surface area contributed by atoms with Crippen LogP contribution in [0.2, 0.25) is 63.0 Å². The first-order valence-electron chi connectivity index (χ1n) is 21.5. The average molecular weight is 832 g/mol. The van der Waals surface area contributed by atoms with Crippen LogP contribution in [0.15, 0.2) is 170 Å². The maximum atomic E-state index is 8.98. The zero-order valence-corrected chi connectivity index (χ0v) is 39.5. The molecule has 5 heteroatoms. The average Bonchev–Trinajstić information content (AvgIpc) is 3.68. The van der Waals surface area contributed by atoms with Gasteiger partial charge in [0.2, 0.25) is 0 Å². The van der Waals surface area contributed by atoms with Crippen molar-refractivity contribution in [1.82, 2.24) is 0 Å². The maximum Gasteiger partial charge on any atom is 0.140 e. The molecule has 0 amide bonds. The number of alkyl halides is 1. The lowest BCUT2D eigenvalue weighted by Crippen LogP contribution is -2.75. The van der Waals surface area contributed by atoms with Gasteiger partial charge >= 0.3 is 0 Å². The molecule has 7 atom stereocenters. The molecular weight excluding hydrogens is 772 g/mol. The highest BCUT2D eigenvalue weighted by Gasteiger charge is 2.69. The van der Waals surface area contributed by atoms with Gasteiger partial charge in [0.15, 0.2) is 0 Å². The van der Waals surface area contributed by atoms with E-state index in [1.165, 1.54) is 28.5 Å². The van der Waals surface area contributed by atoms with Crippen LogP contribution in [-0.2, 0) is 0 Å². The van der Waals surface area contributed by atoms with E-state index in [1.807, 2.05) is 0 Å². The Kier molecular flexibility index (Phi) is 10.2. The van der Waals surface area contributed by atoms with Crippen LogP contribution < -0.4 is 20.7 Å². The van der Waals surface area contributed by atoms with Crippen LogP contribution >= 0.6 is 11.6 Å². The highest BCUT2D eigenvalue weighted by atomic mass is 35.5. The SMILES string of the molecule is C[Si](C)(C)CC1c2ccccc2C2C1C[Si](c1ccccc1)(c1ccccc1)C1c3ccccc3C(C[Si](C)(C)C)C1[Si](c1ccccc1)(c1ccccc1)C2Cl. The third-order valence-electron chi connectivity index (χ3n) is 14.4. The van der Waals surface area contributed by atoms with E-state index in [9.17, 15) is 0 Å². The van der Waals surface area contributed by atoms with E-state index in [2.05, 4.69) is 209 Å². The summed E-state index contributed by atoms with van der Waals surface area (Å²) in [6, 6.07) is 71.3. The fraction of sp³-hybridized carbons (Fsp3) is 0.308. The Labute approximate surface area is 351 Å². The number of halogens is 1. The molecule has 1 heterocycles. The Morgan fingerprint density at radius 2 is 0.825 bits per heavy atom. The van der Waals surface area contributed by atoms with Crippen molar-refractivity contribution in [3.63, 3.8) is 0 Å². The molecule has 7 unspecified atom stereocenters. The zero-order valence-electron chi connectivity index (χ0n) is 34.7. The van der Waals surface area contributed by atoms with Crippen molar-refractivity contribution in [3.05, 3.63) is 192 Å². The summed E-state index contributed by atoms with van der Waals surface area (Å²) in [4.78, 5) is 0.